The number of rotatable bonds is 3. The zero-order valence-electron chi connectivity index (χ0n) is 12.5. The normalized spacial score (nSPS) is 22.6. The van der Waals surface area contributed by atoms with Gasteiger partial charge in [0.15, 0.2) is 5.76 Å². The van der Waals surface area contributed by atoms with Crippen LogP contribution >= 0.6 is 0 Å². The summed E-state index contributed by atoms with van der Waals surface area (Å²) in [5.74, 6) is 0.357. The highest BCUT2D eigenvalue weighted by molar-refractivity contribution is 5.91. The molecular weight excluding hydrogens is 286 g/mol. The molecule has 0 aliphatic carbocycles. The minimum atomic E-state index is -0.112. The van der Waals surface area contributed by atoms with Crippen LogP contribution in [-0.4, -0.2) is 73.6 Å². The molecule has 1 aromatic heterocycles. The van der Waals surface area contributed by atoms with Crippen LogP contribution < -0.4 is 5.32 Å². The van der Waals surface area contributed by atoms with Gasteiger partial charge in [0.2, 0.25) is 5.91 Å². The van der Waals surface area contributed by atoms with E-state index < -0.39 is 0 Å². The molecule has 1 atom stereocenters. The molecule has 2 aliphatic heterocycles. The Balaban J connectivity index is 1.46. The third-order valence-corrected chi connectivity index (χ3v) is 4.07. The second-order valence-electron chi connectivity index (χ2n) is 5.58. The number of hydrogen-bond donors (Lipinski definition) is 1. The average Bonchev–Trinajstić information content (AvgIpc) is 3.10. The maximum atomic E-state index is 12.3. The molecule has 7 nitrogen and oxygen atoms in total. The third-order valence-electron chi connectivity index (χ3n) is 4.07. The summed E-state index contributed by atoms with van der Waals surface area (Å²) in [6, 6.07) is 3.46. The summed E-state index contributed by atoms with van der Waals surface area (Å²) in [7, 11) is 0. The van der Waals surface area contributed by atoms with Gasteiger partial charge in [-0.2, -0.15) is 0 Å². The average molecular weight is 307 g/mol. The first kappa shape index (κ1) is 15.1. The zero-order valence-corrected chi connectivity index (χ0v) is 12.5. The van der Waals surface area contributed by atoms with E-state index in [-0.39, 0.29) is 17.9 Å². The SMILES string of the molecule is O=C(C[C@@H]1COCCN1)N1CCN(C(=O)c2ccco2)CC1. The molecule has 120 valence electrons. The fraction of sp³-hybridized carbons (Fsp3) is 0.600. The van der Waals surface area contributed by atoms with E-state index in [4.69, 9.17) is 9.15 Å². The molecule has 7 heteroatoms. The van der Waals surface area contributed by atoms with Crippen LogP contribution in [-0.2, 0) is 9.53 Å². The van der Waals surface area contributed by atoms with Gasteiger partial charge >= 0.3 is 0 Å². The topological polar surface area (TPSA) is 75.0 Å². The molecule has 0 radical (unpaired) electrons. The molecule has 0 aromatic carbocycles. The van der Waals surface area contributed by atoms with Gasteiger partial charge in [-0.05, 0) is 12.1 Å². The molecule has 22 heavy (non-hydrogen) atoms. The van der Waals surface area contributed by atoms with Crippen molar-refractivity contribution in [1.82, 2.24) is 15.1 Å². The Labute approximate surface area is 129 Å². The van der Waals surface area contributed by atoms with E-state index in [9.17, 15) is 9.59 Å². The first-order valence-corrected chi connectivity index (χ1v) is 7.66. The van der Waals surface area contributed by atoms with Crippen molar-refractivity contribution in [3.05, 3.63) is 24.2 Å². The molecule has 3 heterocycles. The number of ether oxygens (including phenoxy) is 1. The zero-order chi connectivity index (χ0) is 15.4. The highest BCUT2D eigenvalue weighted by Crippen LogP contribution is 2.11. The Kier molecular flexibility index (Phi) is 4.74. The van der Waals surface area contributed by atoms with Crippen LogP contribution in [0.25, 0.3) is 0 Å². The molecule has 0 spiro atoms. The number of nitrogens with one attached hydrogen (secondary N) is 1. The molecule has 0 saturated carbocycles. The molecule has 1 aromatic rings. The predicted molar refractivity (Wildman–Crippen MR) is 78.4 cm³/mol. The molecule has 2 aliphatic rings. The lowest BCUT2D eigenvalue weighted by Crippen LogP contribution is -2.52. The van der Waals surface area contributed by atoms with Crippen molar-refractivity contribution in [2.45, 2.75) is 12.5 Å². The van der Waals surface area contributed by atoms with Crippen molar-refractivity contribution in [1.29, 1.82) is 0 Å². The second-order valence-corrected chi connectivity index (χ2v) is 5.58. The summed E-state index contributed by atoms with van der Waals surface area (Å²) in [4.78, 5) is 28.0. The van der Waals surface area contributed by atoms with Crippen molar-refractivity contribution in [3.63, 3.8) is 0 Å². The van der Waals surface area contributed by atoms with Crippen LogP contribution in [0.1, 0.15) is 17.0 Å². The molecule has 2 fully saturated rings. The quantitative estimate of drug-likeness (QED) is 0.847. The molecule has 2 amide bonds. The Morgan fingerprint density at radius 1 is 1.23 bits per heavy atom. The Bertz CT molecular complexity index is 503. The van der Waals surface area contributed by atoms with Crippen molar-refractivity contribution in [2.24, 2.45) is 0 Å². The summed E-state index contributed by atoms with van der Waals surface area (Å²) in [6.45, 7) is 4.31. The van der Waals surface area contributed by atoms with Gasteiger partial charge in [-0.1, -0.05) is 0 Å². The number of hydrogen-bond acceptors (Lipinski definition) is 5. The maximum absolute atomic E-state index is 12.3. The van der Waals surface area contributed by atoms with E-state index in [1.54, 1.807) is 17.0 Å². The van der Waals surface area contributed by atoms with Crippen LogP contribution in [0.5, 0.6) is 0 Å². The van der Waals surface area contributed by atoms with E-state index in [1.807, 2.05) is 4.90 Å². The third kappa shape index (κ3) is 3.48. The van der Waals surface area contributed by atoms with E-state index in [2.05, 4.69) is 5.32 Å². The van der Waals surface area contributed by atoms with E-state index in [0.29, 0.717) is 51.6 Å². The lowest BCUT2D eigenvalue weighted by molar-refractivity contribution is -0.133. The summed E-state index contributed by atoms with van der Waals surface area (Å²) >= 11 is 0. The van der Waals surface area contributed by atoms with E-state index in [1.165, 1.54) is 6.26 Å². The lowest BCUT2D eigenvalue weighted by atomic mass is 10.1. The number of nitrogens with zero attached hydrogens (tertiary/aromatic N) is 2. The van der Waals surface area contributed by atoms with Gasteiger partial charge in [0.25, 0.3) is 5.91 Å². The highest BCUT2D eigenvalue weighted by Gasteiger charge is 2.27. The molecular formula is C15H21N3O4. The first-order valence-electron chi connectivity index (χ1n) is 7.66. The summed E-state index contributed by atoms with van der Waals surface area (Å²) in [6.07, 6.45) is 1.94. The van der Waals surface area contributed by atoms with Gasteiger partial charge < -0.3 is 24.3 Å². The monoisotopic (exact) mass is 307 g/mol. The Hall–Kier alpha value is -1.86. The van der Waals surface area contributed by atoms with Crippen molar-refractivity contribution >= 4 is 11.8 Å². The van der Waals surface area contributed by atoms with Crippen LogP contribution in [0, 0.1) is 0 Å². The van der Waals surface area contributed by atoms with Crippen LogP contribution in [0.4, 0.5) is 0 Å². The molecule has 3 rings (SSSR count). The molecule has 0 unspecified atom stereocenters. The number of carbonyl (C=O) groups is 2. The minimum absolute atomic E-state index is 0.101. The molecule has 2 saturated heterocycles. The highest BCUT2D eigenvalue weighted by atomic mass is 16.5. The summed E-state index contributed by atoms with van der Waals surface area (Å²) < 4.78 is 10.5. The molecule has 0 bridgehead atoms. The van der Waals surface area contributed by atoms with Gasteiger partial charge in [0.1, 0.15) is 0 Å². The van der Waals surface area contributed by atoms with Gasteiger partial charge in [-0.25, -0.2) is 0 Å². The first-order chi connectivity index (χ1) is 10.7. The van der Waals surface area contributed by atoms with E-state index >= 15 is 0 Å². The van der Waals surface area contributed by atoms with Gasteiger partial charge in [-0.15, -0.1) is 0 Å². The summed E-state index contributed by atoms with van der Waals surface area (Å²) in [5, 5.41) is 3.29. The summed E-state index contributed by atoms with van der Waals surface area (Å²) in [5.41, 5.74) is 0. The standard InChI is InChI=1S/C15H21N3O4/c19-14(10-12-11-21-9-3-16-12)17-4-6-18(7-5-17)15(20)13-2-1-8-22-13/h1-2,8,12,16H,3-7,9-11H2/t12-/m1/s1. The lowest BCUT2D eigenvalue weighted by Gasteiger charge is -2.35. The number of morpholine rings is 1. The van der Waals surface area contributed by atoms with Crippen molar-refractivity contribution in [3.8, 4) is 0 Å². The smallest absolute Gasteiger partial charge is 0.289 e. The van der Waals surface area contributed by atoms with Crippen molar-refractivity contribution in [2.75, 3.05) is 45.9 Å². The number of amides is 2. The second kappa shape index (κ2) is 6.93. The maximum Gasteiger partial charge on any atom is 0.289 e. The van der Waals surface area contributed by atoms with Crippen LogP contribution in [0.3, 0.4) is 0 Å². The van der Waals surface area contributed by atoms with Crippen LogP contribution in [0.15, 0.2) is 22.8 Å². The van der Waals surface area contributed by atoms with Gasteiger partial charge in [0.05, 0.1) is 19.5 Å². The Morgan fingerprint density at radius 2 is 2.00 bits per heavy atom. The van der Waals surface area contributed by atoms with Gasteiger partial charge in [-0.3, -0.25) is 9.59 Å². The minimum Gasteiger partial charge on any atom is -0.459 e. The van der Waals surface area contributed by atoms with Gasteiger partial charge in [0, 0.05) is 45.2 Å². The van der Waals surface area contributed by atoms with Crippen molar-refractivity contribution < 1.29 is 18.7 Å². The largest absolute Gasteiger partial charge is 0.459 e. The number of piperazine rings is 1. The fourth-order valence-corrected chi connectivity index (χ4v) is 2.81. The van der Waals surface area contributed by atoms with E-state index in [0.717, 1.165) is 6.54 Å². The number of carbonyl (C=O) groups excluding carboxylic acids is 2. The number of furan rings is 1. The Morgan fingerprint density at radius 3 is 2.64 bits per heavy atom. The van der Waals surface area contributed by atoms with Crippen LogP contribution in [0.2, 0.25) is 0 Å². The molecule has 1 N–H and O–H groups in total. The fourth-order valence-electron chi connectivity index (χ4n) is 2.81. The predicted octanol–water partition coefficient (Wildman–Crippen LogP) is -0.0575.